The molecule has 0 spiro atoms. The van der Waals surface area contributed by atoms with Crippen molar-refractivity contribution in [1.82, 2.24) is 15.8 Å². The molecule has 3 rings (SSSR count). The first kappa shape index (κ1) is 23.0. The van der Waals surface area contributed by atoms with Gasteiger partial charge in [0.1, 0.15) is 11.5 Å². The van der Waals surface area contributed by atoms with E-state index >= 15 is 0 Å². The quantitative estimate of drug-likeness (QED) is 0.327. The summed E-state index contributed by atoms with van der Waals surface area (Å²) >= 11 is 0. The highest BCUT2D eigenvalue weighted by Gasteiger charge is 2.20. The summed E-state index contributed by atoms with van der Waals surface area (Å²) in [5.41, 5.74) is 2.40. The van der Waals surface area contributed by atoms with Crippen LogP contribution in [0.25, 0.3) is 0 Å². The van der Waals surface area contributed by atoms with E-state index in [1.165, 1.54) is 6.07 Å². The molecule has 8 nitrogen and oxygen atoms in total. The number of halogens is 3. The van der Waals surface area contributed by atoms with E-state index in [0.717, 1.165) is 17.0 Å². The number of aliphatic imine (C=N–C) groups is 1. The van der Waals surface area contributed by atoms with Crippen LogP contribution in [-0.4, -0.2) is 38.1 Å². The van der Waals surface area contributed by atoms with Crippen molar-refractivity contribution < 1.29 is 27.5 Å². The van der Waals surface area contributed by atoms with Crippen LogP contribution < -0.4 is 24.8 Å². The van der Waals surface area contributed by atoms with Gasteiger partial charge < -0.3 is 29.4 Å². The molecular weight excluding hydrogens is 501 g/mol. The second-order valence-corrected chi connectivity index (χ2v) is 6.10. The highest BCUT2D eigenvalue weighted by molar-refractivity contribution is 14.0. The second-order valence-electron chi connectivity index (χ2n) is 6.10. The van der Waals surface area contributed by atoms with E-state index in [1.807, 2.05) is 13.8 Å². The zero-order valence-corrected chi connectivity index (χ0v) is 18.6. The number of aromatic nitrogens is 1. The van der Waals surface area contributed by atoms with E-state index in [-0.39, 0.29) is 43.1 Å². The van der Waals surface area contributed by atoms with Crippen LogP contribution in [0.1, 0.15) is 22.6 Å². The third-order valence-corrected chi connectivity index (χ3v) is 4.29. The second kappa shape index (κ2) is 10.5. The number of aryl methyl sites for hydroxylation is 2. The van der Waals surface area contributed by atoms with E-state index in [4.69, 9.17) is 14.0 Å². The third-order valence-electron chi connectivity index (χ3n) is 4.29. The van der Waals surface area contributed by atoms with Gasteiger partial charge in [0.25, 0.3) is 0 Å². The number of nitrogens with one attached hydrogen (secondary N) is 2. The van der Waals surface area contributed by atoms with Gasteiger partial charge in [-0.05, 0) is 26.3 Å². The van der Waals surface area contributed by atoms with Crippen molar-refractivity contribution in [1.29, 1.82) is 0 Å². The first-order valence-corrected chi connectivity index (χ1v) is 8.71. The van der Waals surface area contributed by atoms with Crippen molar-refractivity contribution in [3.63, 3.8) is 0 Å². The minimum Gasteiger partial charge on any atom is -0.454 e. The molecule has 29 heavy (non-hydrogen) atoms. The third kappa shape index (κ3) is 5.84. The lowest BCUT2D eigenvalue weighted by Gasteiger charge is -2.15. The van der Waals surface area contributed by atoms with Crippen LogP contribution in [-0.2, 0) is 13.0 Å². The highest BCUT2D eigenvalue weighted by atomic mass is 127. The fourth-order valence-corrected chi connectivity index (χ4v) is 2.87. The lowest BCUT2D eigenvalue weighted by Crippen LogP contribution is -2.38. The van der Waals surface area contributed by atoms with Crippen molar-refractivity contribution >= 4 is 29.9 Å². The van der Waals surface area contributed by atoms with Gasteiger partial charge in [-0.3, -0.25) is 4.99 Å². The molecule has 0 amide bonds. The smallest absolute Gasteiger partial charge is 0.387 e. The fraction of sp³-hybridized carbons (Fsp3) is 0.444. The van der Waals surface area contributed by atoms with E-state index in [1.54, 1.807) is 13.1 Å². The number of hydrogen-bond acceptors (Lipinski definition) is 6. The predicted molar refractivity (Wildman–Crippen MR) is 112 cm³/mol. The van der Waals surface area contributed by atoms with Gasteiger partial charge >= 0.3 is 6.61 Å². The molecule has 0 saturated carbocycles. The first-order valence-electron chi connectivity index (χ1n) is 8.71. The number of alkyl halides is 2. The predicted octanol–water partition coefficient (Wildman–Crippen LogP) is 3.15. The molecule has 0 fully saturated rings. The van der Waals surface area contributed by atoms with Crippen LogP contribution in [0.15, 0.2) is 21.6 Å². The summed E-state index contributed by atoms with van der Waals surface area (Å²) < 4.78 is 45.7. The molecular formula is C18H23F2IN4O4. The molecule has 1 aromatic carbocycles. The summed E-state index contributed by atoms with van der Waals surface area (Å²) in [7, 11) is 1.63. The normalized spacial score (nSPS) is 12.7. The number of guanidine groups is 1. The number of hydrogen-bond donors (Lipinski definition) is 2. The van der Waals surface area contributed by atoms with E-state index in [2.05, 4.69) is 25.5 Å². The standard InChI is InChI=1S/C18H22F2N4O4.HI/c1-10-13(11(2)28-24-10)4-5-22-18(21-3)23-8-12-6-15-16(26-9-25-15)7-14(12)27-17(19)20;/h6-7,17H,4-5,8-9H2,1-3H3,(H2,21,22,23);1H. The SMILES string of the molecule is CN=C(NCCc1c(C)noc1C)NCc1cc2c(cc1OC(F)F)OCO2.I. The van der Waals surface area contributed by atoms with Crippen LogP contribution >= 0.6 is 24.0 Å². The molecule has 1 aromatic heterocycles. The lowest BCUT2D eigenvalue weighted by molar-refractivity contribution is -0.0505. The Morgan fingerprint density at radius 2 is 1.97 bits per heavy atom. The monoisotopic (exact) mass is 524 g/mol. The maximum Gasteiger partial charge on any atom is 0.387 e. The number of rotatable bonds is 7. The molecule has 0 aliphatic carbocycles. The molecule has 0 saturated heterocycles. The summed E-state index contributed by atoms with van der Waals surface area (Å²) in [6, 6.07) is 3.02. The minimum atomic E-state index is -2.94. The summed E-state index contributed by atoms with van der Waals surface area (Å²) in [6.07, 6.45) is 0.714. The molecule has 2 aromatic rings. The van der Waals surface area contributed by atoms with Crippen molar-refractivity contribution in [2.45, 2.75) is 33.4 Å². The lowest BCUT2D eigenvalue weighted by atomic mass is 10.1. The van der Waals surface area contributed by atoms with E-state index in [0.29, 0.717) is 36.0 Å². The average Bonchev–Trinajstić information content (AvgIpc) is 3.24. The summed E-state index contributed by atoms with van der Waals surface area (Å²) in [5, 5.41) is 10.2. The fourth-order valence-electron chi connectivity index (χ4n) is 2.87. The Morgan fingerprint density at radius 3 is 2.59 bits per heavy atom. The molecule has 0 bridgehead atoms. The van der Waals surface area contributed by atoms with E-state index in [9.17, 15) is 8.78 Å². The largest absolute Gasteiger partial charge is 0.454 e. The van der Waals surface area contributed by atoms with Gasteiger partial charge in [0.05, 0.1) is 5.69 Å². The maximum absolute atomic E-state index is 12.7. The molecule has 1 aliphatic heterocycles. The molecule has 0 unspecified atom stereocenters. The molecule has 2 heterocycles. The Morgan fingerprint density at radius 1 is 1.24 bits per heavy atom. The number of ether oxygens (including phenoxy) is 3. The Balaban J connectivity index is 0.00000300. The zero-order chi connectivity index (χ0) is 20.1. The molecule has 1 aliphatic rings. The molecule has 2 N–H and O–H groups in total. The van der Waals surface area contributed by atoms with Crippen LogP contribution in [0.2, 0.25) is 0 Å². The Bertz CT molecular complexity index is 841. The van der Waals surface area contributed by atoms with Crippen molar-refractivity contribution in [2.24, 2.45) is 4.99 Å². The van der Waals surface area contributed by atoms with Gasteiger partial charge in [-0.2, -0.15) is 8.78 Å². The average molecular weight is 524 g/mol. The van der Waals surface area contributed by atoms with Crippen molar-refractivity contribution in [3.05, 3.63) is 34.7 Å². The van der Waals surface area contributed by atoms with Gasteiger partial charge in [0.2, 0.25) is 6.79 Å². The van der Waals surface area contributed by atoms with Gasteiger partial charge in [-0.1, -0.05) is 5.16 Å². The minimum absolute atomic E-state index is 0. The molecule has 0 radical (unpaired) electrons. The van der Waals surface area contributed by atoms with Gasteiger partial charge in [-0.25, -0.2) is 0 Å². The summed E-state index contributed by atoms with van der Waals surface area (Å²) in [4.78, 5) is 4.14. The number of benzene rings is 1. The van der Waals surface area contributed by atoms with Gasteiger partial charge in [-0.15, -0.1) is 24.0 Å². The van der Waals surface area contributed by atoms with Gasteiger partial charge in [0.15, 0.2) is 17.5 Å². The van der Waals surface area contributed by atoms with Crippen LogP contribution in [0, 0.1) is 13.8 Å². The maximum atomic E-state index is 12.7. The first-order chi connectivity index (χ1) is 13.5. The van der Waals surface area contributed by atoms with Crippen LogP contribution in [0.4, 0.5) is 8.78 Å². The molecule has 0 atom stereocenters. The van der Waals surface area contributed by atoms with Crippen molar-refractivity contribution in [3.8, 4) is 17.2 Å². The van der Waals surface area contributed by atoms with Crippen LogP contribution in [0.3, 0.4) is 0 Å². The Labute approximate surface area is 184 Å². The highest BCUT2D eigenvalue weighted by Crippen LogP contribution is 2.38. The Kier molecular flexibility index (Phi) is 8.29. The number of fused-ring (bicyclic) bond motifs is 1. The molecule has 11 heteroatoms. The summed E-state index contributed by atoms with van der Waals surface area (Å²) in [5.74, 6) is 2.20. The zero-order valence-electron chi connectivity index (χ0n) is 16.3. The topological polar surface area (TPSA) is 90.1 Å². The Hall–Kier alpha value is -2.31. The number of nitrogens with zero attached hydrogens (tertiary/aromatic N) is 2. The summed E-state index contributed by atoms with van der Waals surface area (Å²) in [6.45, 7) is 1.68. The van der Waals surface area contributed by atoms with Gasteiger partial charge in [0, 0.05) is 37.3 Å². The van der Waals surface area contributed by atoms with Crippen molar-refractivity contribution in [2.75, 3.05) is 20.4 Å². The van der Waals surface area contributed by atoms with Crippen LogP contribution in [0.5, 0.6) is 17.2 Å². The van der Waals surface area contributed by atoms with E-state index < -0.39 is 6.61 Å². The molecule has 160 valence electrons.